The molecule has 0 N–H and O–H groups in total. The van der Waals surface area contributed by atoms with Gasteiger partial charge in [0.05, 0.1) is 10.9 Å². The highest BCUT2D eigenvalue weighted by atomic mass is 79.9. The molecule has 0 aromatic heterocycles. The summed E-state index contributed by atoms with van der Waals surface area (Å²) in [6.07, 6.45) is 0.154. The van der Waals surface area contributed by atoms with Crippen LogP contribution in [0, 0.1) is 0 Å². The summed E-state index contributed by atoms with van der Waals surface area (Å²) >= 11 is 3.67. The minimum atomic E-state index is -0.0293. The van der Waals surface area contributed by atoms with Gasteiger partial charge in [0, 0.05) is 39.4 Å². The van der Waals surface area contributed by atoms with Gasteiger partial charge < -0.3 is 23.8 Å². The number of halogens is 1. The van der Waals surface area contributed by atoms with Crippen LogP contribution in [-0.2, 0) is 27.2 Å². The van der Waals surface area contributed by atoms with Gasteiger partial charge in [0.1, 0.15) is 11.5 Å². The molecule has 0 saturated heterocycles. The second-order valence-corrected chi connectivity index (χ2v) is 8.21. The molecule has 0 radical (unpaired) electrons. The highest BCUT2D eigenvalue weighted by Gasteiger charge is 2.23. The first-order valence-corrected chi connectivity index (χ1v) is 11.3. The largest absolute Gasteiger partial charge is 0.467 e. The van der Waals surface area contributed by atoms with Crippen LogP contribution in [0.1, 0.15) is 11.1 Å². The quantitative estimate of drug-likeness (QED) is 0.326. The van der Waals surface area contributed by atoms with E-state index in [1.54, 1.807) is 32.2 Å². The third-order valence-electron chi connectivity index (χ3n) is 5.03. The van der Waals surface area contributed by atoms with Crippen molar-refractivity contribution in [3.8, 4) is 22.6 Å². The molecule has 3 aromatic rings. The Bertz CT molecular complexity index is 1040. The number of carbonyl (C=O) groups excluding carboxylic acids is 1. The van der Waals surface area contributed by atoms with E-state index >= 15 is 0 Å². The number of ether oxygens (including phenoxy) is 4. The van der Waals surface area contributed by atoms with Crippen molar-refractivity contribution in [1.29, 1.82) is 0 Å². The van der Waals surface area contributed by atoms with E-state index in [0.717, 1.165) is 22.3 Å². The van der Waals surface area contributed by atoms with Gasteiger partial charge in [-0.2, -0.15) is 0 Å². The molecule has 0 unspecified atom stereocenters. The minimum Gasteiger partial charge on any atom is -0.467 e. The summed E-state index contributed by atoms with van der Waals surface area (Å²) in [5.41, 5.74) is 3.57. The van der Waals surface area contributed by atoms with Crippen LogP contribution in [0.4, 0.5) is 0 Å². The first kappa shape index (κ1) is 24.8. The number of benzene rings is 3. The third kappa shape index (κ3) is 6.57. The van der Waals surface area contributed by atoms with E-state index in [9.17, 15) is 4.79 Å². The van der Waals surface area contributed by atoms with Crippen molar-refractivity contribution >= 4 is 21.8 Å². The first-order valence-electron chi connectivity index (χ1n) is 10.5. The molecule has 33 heavy (non-hydrogen) atoms. The normalized spacial score (nSPS) is 10.7. The molecule has 0 spiro atoms. The Morgan fingerprint density at radius 2 is 1.45 bits per heavy atom. The summed E-state index contributed by atoms with van der Waals surface area (Å²) in [6.45, 7) is 0.644. The predicted molar refractivity (Wildman–Crippen MR) is 131 cm³/mol. The maximum atomic E-state index is 13.3. The Labute approximate surface area is 203 Å². The number of methoxy groups -OCH3 is 2. The van der Waals surface area contributed by atoms with Crippen LogP contribution < -0.4 is 9.47 Å². The summed E-state index contributed by atoms with van der Waals surface area (Å²) in [6, 6.07) is 21.5. The smallest absolute Gasteiger partial charge is 0.227 e. The fraction of sp³-hybridized carbons (Fsp3) is 0.269. The van der Waals surface area contributed by atoms with Gasteiger partial charge in [-0.15, -0.1) is 0 Å². The van der Waals surface area contributed by atoms with Crippen LogP contribution in [-0.4, -0.2) is 45.7 Å². The van der Waals surface area contributed by atoms with Crippen LogP contribution in [0.2, 0.25) is 0 Å². The number of likely N-dealkylation sites (N-methyl/N-ethyl adjacent to an activating group) is 1. The summed E-state index contributed by atoms with van der Waals surface area (Å²) in [5, 5.41) is 0. The number of rotatable bonds is 11. The maximum Gasteiger partial charge on any atom is 0.227 e. The lowest BCUT2D eigenvalue weighted by Gasteiger charge is -2.22. The first-order chi connectivity index (χ1) is 16.0. The van der Waals surface area contributed by atoms with Crippen LogP contribution in [0.15, 0.2) is 71.2 Å². The van der Waals surface area contributed by atoms with E-state index in [1.807, 2.05) is 60.7 Å². The van der Waals surface area contributed by atoms with Crippen LogP contribution in [0.25, 0.3) is 11.1 Å². The van der Waals surface area contributed by atoms with E-state index in [0.29, 0.717) is 22.5 Å². The number of carbonyl (C=O) groups is 1. The highest BCUT2D eigenvalue weighted by Crippen LogP contribution is 2.43. The lowest BCUT2D eigenvalue weighted by Crippen LogP contribution is -2.28. The van der Waals surface area contributed by atoms with Gasteiger partial charge in [0.2, 0.25) is 5.91 Å². The average molecular weight is 514 g/mol. The van der Waals surface area contributed by atoms with Gasteiger partial charge in [-0.05, 0) is 32.6 Å². The zero-order valence-corrected chi connectivity index (χ0v) is 20.6. The second-order valence-electron chi connectivity index (χ2n) is 7.42. The molecule has 0 aliphatic carbocycles. The van der Waals surface area contributed by atoms with E-state index < -0.39 is 0 Å². The number of hydrogen-bond donors (Lipinski definition) is 0. The van der Waals surface area contributed by atoms with Crippen molar-refractivity contribution in [2.75, 3.05) is 34.9 Å². The Kier molecular flexibility index (Phi) is 9.30. The molecule has 0 saturated carbocycles. The minimum absolute atomic E-state index is 0.0293. The molecule has 3 aromatic carbocycles. The topological polar surface area (TPSA) is 57.2 Å². The van der Waals surface area contributed by atoms with E-state index in [1.165, 1.54) is 0 Å². The van der Waals surface area contributed by atoms with Crippen molar-refractivity contribution < 1.29 is 23.7 Å². The zero-order chi connectivity index (χ0) is 23.6. The van der Waals surface area contributed by atoms with Crippen molar-refractivity contribution in [1.82, 2.24) is 4.90 Å². The van der Waals surface area contributed by atoms with Crippen LogP contribution >= 0.6 is 15.9 Å². The summed E-state index contributed by atoms with van der Waals surface area (Å²) in [7, 11) is 4.92. The summed E-state index contributed by atoms with van der Waals surface area (Å²) < 4.78 is 22.6. The predicted octanol–water partition coefficient (Wildman–Crippen LogP) is 5.28. The van der Waals surface area contributed by atoms with Gasteiger partial charge in [-0.25, -0.2) is 0 Å². The Morgan fingerprint density at radius 1 is 0.879 bits per heavy atom. The fourth-order valence-electron chi connectivity index (χ4n) is 3.44. The van der Waals surface area contributed by atoms with Gasteiger partial charge in [0.25, 0.3) is 0 Å². The lowest BCUT2D eigenvalue weighted by atomic mass is 9.95. The molecule has 0 fully saturated rings. The summed E-state index contributed by atoms with van der Waals surface area (Å²) in [5.74, 6) is 1.06. The average Bonchev–Trinajstić information content (AvgIpc) is 2.84. The summed E-state index contributed by atoms with van der Waals surface area (Å²) in [4.78, 5) is 15.0. The zero-order valence-electron chi connectivity index (χ0n) is 19.0. The molecule has 0 heterocycles. The standard InChI is InChI=1S/C26H28BrNO5/c1-28(16-19-10-6-4-7-11-19)24(29)14-21-25(20-12-8-5-9-13-20)22(32-17-30-2)15-23(26(21)27)33-18-31-3/h4-13,15H,14,16-18H2,1-3H3. The highest BCUT2D eigenvalue weighted by molar-refractivity contribution is 9.10. The third-order valence-corrected chi connectivity index (χ3v) is 5.90. The molecule has 7 heteroatoms. The van der Waals surface area contributed by atoms with Crippen molar-refractivity contribution in [2.24, 2.45) is 0 Å². The molecule has 0 aliphatic rings. The van der Waals surface area contributed by atoms with E-state index in [2.05, 4.69) is 15.9 Å². The van der Waals surface area contributed by atoms with Crippen LogP contribution in [0.5, 0.6) is 11.5 Å². The molecular weight excluding hydrogens is 486 g/mol. The molecular formula is C26H28BrNO5. The van der Waals surface area contributed by atoms with Crippen molar-refractivity contribution in [2.45, 2.75) is 13.0 Å². The maximum absolute atomic E-state index is 13.3. The molecule has 0 atom stereocenters. The van der Waals surface area contributed by atoms with Crippen molar-refractivity contribution in [3.05, 3.63) is 82.3 Å². The fourth-order valence-corrected chi connectivity index (χ4v) is 4.01. The molecule has 6 nitrogen and oxygen atoms in total. The number of amides is 1. The van der Waals surface area contributed by atoms with Gasteiger partial charge in [0.15, 0.2) is 13.6 Å². The lowest BCUT2D eigenvalue weighted by molar-refractivity contribution is -0.129. The Morgan fingerprint density at radius 3 is 2.06 bits per heavy atom. The molecule has 0 aliphatic heterocycles. The Hall–Kier alpha value is -2.87. The van der Waals surface area contributed by atoms with E-state index in [-0.39, 0.29) is 25.9 Å². The SMILES string of the molecule is COCOc1cc(OCOC)c(-c2ccccc2)c(CC(=O)N(C)Cc2ccccc2)c1Br. The number of nitrogens with zero attached hydrogens (tertiary/aromatic N) is 1. The van der Waals surface area contributed by atoms with Gasteiger partial charge >= 0.3 is 0 Å². The van der Waals surface area contributed by atoms with Crippen LogP contribution in [0.3, 0.4) is 0 Å². The van der Waals surface area contributed by atoms with E-state index in [4.69, 9.17) is 18.9 Å². The second kappa shape index (κ2) is 12.4. The molecule has 0 bridgehead atoms. The van der Waals surface area contributed by atoms with Gasteiger partial charge in [-0.1, -0.05) is 60.7 Å². The molecule has 3 rings (SSSR count). The van der Waals surface area contributed by atoms with Crippen molar-refractivity contribution in [3.63, 3.8) is 0 Å². The Balaban J connectivity index is 2.03. The van der Waals surface area contributed by atoms with Gasteiger partial charge in [-0.3, -0.25) is 4.79 Å². The molecule has 1 amide bonds. The molecule has 174 valence electrons. The monoisotopic (exact) mass is 513 g/mol. The number of hydrogen-bond acceptors (Lipinski definition) is 5.